The minimum Gasteiger partial charge on any atom is -0.490 e. The van der Waals surface area contributed by atoms with E-state index >= 15 is 0 Å². The number of nitrogens with one attached hydrogen (secondary N) is 3. The zero-order valence-electron chi connectivity index (χ0n) is 19.8. The Hall–Kier alpha value is -3.15. The van der Waals surface area contributed by atoms with E-state index < -0.39 is 16.1 Å². The first-order valence-corrected chi connectivity index (χ1v) is 13.0. The monoisotopic (exact) mass is 504 g/mol. The van der Waals surface area contributed by atoms with Crippen LogP contribution >= 0.6 is 0 Å². The molecule has 35 heavy (non-hydrogen) atoms. The van der Waals surface area contributed by atoms with Gasteiger partial charge < -0.3 is 14.8 Å². The van der Waals surface area contributed by atoms with Gasteiger partial charge in [0, 0.05) is 26.7 Å². The van der Waals surface area contributed by atoms with Gasteiger partial charge in [0.2, 0.25) is 0 Å². The quantitative estimate of drug-likeness (QED) is 0.400. The summed E-state index contributed by atoms with van der Waals surface area (Å²) in [5.41, 5.74) is 3.45. The number of amides is 3. The Labute approximate surface area is 206 Å². The molecule has 2 aromatic carbocycles. The normalized spacial score (nSPS) is 14.2. The molecular formula is C24H32N4O6S. The van der Waals surface area contributed by atoms with Gasteiger partial charge in [-0.25, -0.2) is 22.9 Å². The average molecular weight is 505 g/mol. The van der Waals surface area contributed by atoms with E-state index in [4.69, 9.17) is 9.47 Å². The van der Waals surface area contributed by atoms with Crippen molar-refractivity contribution in [1.29, 1.82) is 0 Å². The highest BCUT2D eigenvalue weighted by molar-refractivity contribution is 7.90. The fourth-order valence-corrected chi connectivity index (χ4v) is 4.92. The maximum Gasteiger partial charge on any atom is 0.343 e. The topological polar surface area (TPSA) is 126 Å². The number of para-hydroxylation sites is 1. The van der Waals surface area contributed by atoms with Crippen LogP contribution in [0.3, 0.4) is 0 Å². The Morgan fingerprint density at radius 2 is 1.69 bits per heavy atom. The second-order valence-electron chi connectivity index (χ2n) is 8.05. The molecule has 3 rings (SSSR count). The highest BCUT2D eigenvalue weighted by Crippen LogP contribution is 2.19. The maximum absolute atomic E-state index is 12.9. The molecule has 190 valence electrons. The first-order valence-electron chi connectivity index (χ1n) is 11.6. The minimum absolute atomic E-state index is 0.00802. The summed E-state index contributed by atoms with van der Waals surface area (Å²) in [6.45, 7) is 2.27. The van der Waals surface area contributed by atoms with Crippen LogP contribution in [0.2, 0.25) is 0 Å². The fraction of sp³-hybridized carbons (Fsp3) is 0.417. The van der Waals surface area contributed by atoms with Crippen LogP contribution in [0.4, 0.5) is 4.79 Å². The summed E-state index contributed by atoms with van der Waals surface area (Å²) < 4.78 is 38.4. The summed E-state index contributed by atoms with van der Waals surface area (Å²) in [7, 11) is -2.53. The van der Waals surface area contributed by atoms with Crippen molar-refractivity contribution >= 4 is 22.0 Å². The first-order chi connectivity index (χ1) is 16.9. The summed E-state index contributed by atoms with van der Waals surface area (Å²) in [5, 5.41) is 4.52. The molecule has 0 spiro atoms. The van der Waals surface area contributed by atoms with Crippen LogP contribution in [0.15, 0.2) is 53.4 Å². The molecule has 2 aromatic rings. The third-order valence-corrected chi connectivity index (χ3v) is 6.89. The van der Waals surface area contributed by atoms with Gasteiger partial charge in [-0.1, -0.05) is 36.8 Å². The Morgan fingerprint density at radius 3 is 2.46 bits per heavy atom. The zero-order chi connectivity index (χ0) is 25.1. The van der Waals surface area contributed by atoms with Crippen molar-refractivity contribution in [3.63, 3.8) is 0 Å². The van der Waals surface area contributed by atoms with Gasteiger partial charge in [-0.3, -0.25) is 10.2 Å². The van der Waals surface area contributed by atoms with Crippen LogP contribution in [-0.4, -0.2) is 65.3 Å². The molecule has 0 saturated carbocycles. The lowest BCUT2D eigenvalue weighted by Gasteiger charge is -2.26. The predicted octanol–water partition coefficient (Wildman–Crippen LogP) is 2.07. The molecule has 0 aliphatic carbocycles. The molecule has 1 heterocycles. The van der Waals surface area contributed by atoms with Gasteiger partial charge in [0.25, 0.3) is 15.9 Å². The number of rotatable bonds is 11. The number of hydrogen-bond acceptors (Lipinski definition) is 7. The number of carbonyl (C=O) groups excluding carboxylic acids is 2. The Bertz CT molecular complexity index is 1100. The fourth-order valence-electron chi connectivity index (χ4n) is 3.74. The Kier molecular flexibility index (Phi) is 9.88. The number of methoxy groups -OCH3 is 1. The number of sulfonamides is 1. The van der Waals surface area contributed by atoms with Gasteiger partial charge in [-0.2, -0.15) is 0 Å². The van der Waals surface area contributed by atoms with Gasteiger partial charge in [-0.15, -0.1) is 0 Å². The van der Waals surface area contributed by atoms with E-state index in [1.165, 1.54) is 6.07 Å². The van der Waals surface area contributed by atoms with Crippen LogP contribution in [0.5, 0.6) is 5.75 Å². The van der Waals surface area contributed by atoms with Gasteiger partial charge >= 0.3 is 6.03 Å². The van der Waals surface area contributed by atoms with Crippen molar-refractivity contribution in [3.8, 4) is 5.75 Å². The van der Waals surface area contributed by atoms with Crippen molar-refractivity contribution in [3.05, 3.63) is 59.7 Å². The van der Waals surface area contributed by atoms with Crippen molar-refractivity contribution in [2.24, 2.45) is 0 Å². The number of carbonyl (C=O) groups is 2. The van der Waals surface area contributed by atoms with Gasteiger partial charge in [-0.05, 0) is 43.0 Å². The molecular weight excluding hydrogens is 472 g/mol. The SMILES string of the molecule is COCCOc1ccccc1C(=O)NCCc1ccccc1S(=O)(=O)NC(=O)NN1CCCCC1. The third kappa shape index (κ3) is 7.94. The van der Waals surface area contributed by atoms with E-state index in [1.807, 2.05) is 0 Å². The van der Waals surface area contributed by atoms with Crippen LogP contribution in [0.1, 0.15) is 35.2 Å². The lowest BCUT2D eigenvalue weighted by Crippen LogP contribution is -2.50. The van der Waals surface area contributed by atoms with E-state index in [1.54, 1.807) is 54.6 Å². The zero-order valence-corrected chi connectivity index (χ0v) is 20.6. The van der Waals surface area contributed by atoms with Crippen LogP contribution < -0.4 is 20.2 Å². The van der Waals surface area contributed by atoms with Crippen molar-refractivity contribution in [1.82, 2.24) is 20.5 Å². The smallest absolute Gasteiger partial charge is 0.343 e. The number of hydrogen-bond donors (Lipinski definition) is 3. The van der Waals surface area contributed by atoms with E-state index in [0.29, 0.717) is 43.2 Å². The second-order valence-corrected chi connectivity index (χ2v) is 9.70. The highest BCUT2D eigenvalue weighted by atomic mass is 32.2. The third-order valence-electron chi connectivity index (χ3n) is 5.46. The Morgan fingerprint density at radius 1 is 0.971 bits per heavy atom. The largest absolute Gasteiger partial charge is 0.490 e. The molecule has 10 nitrogen and oxygen atoms in total. The lowest BCUT2D eigenvalue weighted by atomic mass is 10.1. The number of benzene rings is 2. The lowest BCUT2D eigenvalue weighted by molar-refractivity contribution is 0.0946. The average Bonchev–Trinajstić information content (AvgIpc) is 2.85. The van der Waals surface area contributed by atoms with Gasteiger partial charge in [0.05, 0.1) is 17.1 Å². The molecule has 0 unspecified atom stereocenters. The van der Waals surface area contributed by atoms with Crippen molar-refractivity contribution in [2.45, 2.75) is 30.6 Å². The summed E-state index contributed by atoms with van der Waals surface area (Å²) in [5.74, 6) is 0.103. The van der Waals surface area contributed by atoms with E-state index in [0.717, 1.165) is 19.3 Å². The number of nitrogens with zero attached hydrogens (tertiary/aromatic N) is 1. The molecule has 1 saturated heterocycles. The van der Waals surface area contributed by atoms with E-state index in [-0.39, 0.29) is 23.8 Å². The van der Waals surface area contributed by atoms with Gasteiger partial charge in [0.1, 0.15) is 12.4 Å². The molecule has 1 fully saturated rings. The predicted molar refractivity (Wildman–Crippen MR) is 131 cm³/mol. The van der Waals surface area contributed by atoms with Crippen LogP contribution in [0.25, 0.3) is 0 Å². The van der Waals surface area contributed by atoms with Crippen molar-refractivity contribution in [2.75, 3.05) is 40.0 Å². The molecule has 0 bridgehead atoms. The Balaban J connectivity index is 1.59. The first kappa shape index (κ1) is 26.5. The number of ether oxygens (including phenoxy) is 2. The molecule has 3 amide bonds. The molecule has 3 N–H and O–H groups in total. The summed E-state index contributed by atoms with van der Waals surface area (Å²) in [4.78, 5) is 25.0. The van der Waals surface area contributed by atoms with Crippen LogP contribution in [0, 0.1) is 0 Å². The number of piperidine rings is 1. The molecule has 0 aromatic heterocycles. The molecule has 1 aliphatic heterocycles. The van der Waals surface area contributed by atoms with E-state index in [2.05, 4.69) is 15.5 Å². The number of hydrazine groups is 1. The molecule has 0 radical (unpaired) electrons. The maximum atomic E-state index is 12.9. The summed E-state index contributed by atoms with van der Waals surface area (Å²) in [6, 6.07) is 12.5. The molecule has 0 atom stereocenters. The molecule has 1 aliphatic rings. The summed E-state index contributed by atoms with van der Waals surface area (Å²) >= 11 is 0. The standard InChI is InChI=1S/C24H32N4O6S/c1-33-17-18-34-21-11-5-4-10-20(21)23(29)25-14-13-19-9-3-6-12-22(19)35(31,32)27-24(30)26-28-15-7-2-8-16-28/h3-6,9-12H,2,7-8,13-18H2,1H3,(H,25,29)(H2,26,27,30). The second kappa shape index (κ2) is 13.1. The number of urea groups is 1. The van der Waals surface area contributed by atoms with Crippen molar-refractivity contribution < 1.29 is 27.5 Å². The minimum atomic E-state index is -4.10. The highest BCUT2D eigenvalue weighted by Gasteiger charge is 2.22. The van der Waals surface area contributed by atoms with E-state index in [9.17, 15) is 18.0 Å². The summed E-state index contributed by atoms with van der Waals surface area (Å²) in [6.07, 6.45) is 3.24. The van der Waals surface area contributed by atoms with Gasteiger partial charge in [0.15, 0.2) is 0 Å². The van der Waals surface area contributed by atoms with Crippen LogP contribution in [-0.2, 0) is 21.2 Å². The molecule has 11 heteroatoms.